The molecule has 0 aliphatic heterocycles. The molecule has 0 N–H and O–H groups in total. The van der Waals surface area contributed by atoms with E-state index < -0.39 is 30.2 Å². The molecule has 4 aromatic rings. The Bertz CT molecular complexity index is 1230. The number of fused-ring (bicyclic) bond motifs is 1. The van der Waals surface area contributed by atoms with E-state index in [1.807, 2.05) is 6.07 Å². The van der Waals surface area contributed by atoms with E-state index in [1.54, 1.807) is 42.5 Å². The van der Waals surface area contributed by atoms with Crippen molar-refractivity contribution in [2.75, 3.05) is 0 Å². The maximum absolute atomic E-state index is 12.9. The van der Waals surface area contributed by atoms with Crippen LogP contribution in [0.15, 0.2) is 78.5 Å². The van der Waals surface area contributed by atoms with Crippen molar-refractivity contribution in [1.29, 1.82) is 0 Å². The van der Waals surface area contributed by atoms with E-state index in [9.17, 15) is 13.2 Å². The zero-order valence-electron chi connectivity index (χ0n) is 12.6. The van der Waals surface area contributed by atoms with Gasteiger partial charge in [-0.1, -0.05) is 0 Å². The average Bonchev–Trinajstić information content (AvgIpc) is 3.12. The molecule has 124 valence electrons. The van der Waals surface area contributed by atoms with Gasteiger partial charge in [-0.3, -0.25) is 0 Å². The average molecular weight is 417 g/mol. The molecule has 25 heavy (non-hydrogen) atoms. The molecule has 2 aromatic heterocycles. The van der Waals surface area contributed by atoms with Gasteiger partial charge in [0.05, 0.1) is 0 Å². The fourth-order valence-corrected chi connectivity index (χ4v) is 6.00. The molecule has 0 atom stereocenters. The van der Waals surface area contributed by atoms with E-state index in [0.717, 1.165) is 0 Å². The van der Waals surface area contributed by atoms with E-state index in [1.165, 1.54) is 12.1 Å². The SMILES string of the molecule is O=c1oc2ccccc2cc1-c1nn[se]c1S(=O)(=O)c1ccccc1. The van der Waals surface area contributed by atoms with Crippen molar-refractivity contribution >= 4 is 35.5 Å². The van der Waals surface area contributed by atoms with Crippen LogP contribution in [-0.4, -0.2) is 32.3 Å². The molecule has 0 aliphatic rings. The van der Waals surface area contributed by atoms with Crippen LogP contribution in [0.25, 0.3) is 22.2 Å². The Hall–Kier alpha value is -2.54. The van der Waals surface area contributed by atoms with Gasteiger partial charge in [-0.05, 0) is 0 Å². The molecule has 2 heterocycles. The van der Waals surface area contributed by atoms with Crippen LogP contribution in [0.5, 0.6) is 0 Å². The molecule has 0 saturated carbocycles. The van der Waals surface area contributed by atoms with E-state index in [0.29, 0.717) is 11.0 Å². The quantitative estimate of drug-likeness (QED) is 0.375. The van der Waals surface area contributed by atoms with Gasteiger partial charge in [-0.15, -0.1) is 0 Å². The van der Waals surface area contributed by atoms with Crippen LogP contribution in [0.4, 0.5) is 0 Å². The van der Waals surface area contributed by atoms with Crippen LogP contribution in [0.3, 0.4) is 0 Å². The molecule has 0 radical (unpaired) electrons. The predicted molar refractivity (Wildman–Crippen MR) is 92.3 cm³/mol. The van der Waals surface area contributed by atoms with Crippen molar-refractivity contribution in [3.05, 3.63) is 71.1 Å². The van der Waals surface area contributed by atoms with Crippen molar-refractivity contribution in [3.8, 4) is 11.3 Å². The first kappa shape index (κ1) is 16.0. The standard InChI is InChI=1S/C17H10N2O4SSe/c20-16-13(10-11-6-4-5-9-14(11)23-16)15-17(25-19-18-15)24(21,22)12-7-2-1-3-8-12/h1-10H. The summed E-state index contributed by atoms with van der Waals surface area (Å²) in [6.45, 7) is 0. The van der Waals surface area contributed by atoms with Crippen molar-refractivity contribution < 1.29 is 12.8 Å². The second kappa shape index (κ2) is 6.07. The van der Waals surface area contributed by atoms with Gasteiger partial charge in [-0.25, -0.2) is 0 Å². The number of para-hydroxylation sites is 1. The molecule has 2 aromatic carbocycles. The first-order valence-corrected chi connectivity index (χ1v) is 10.3. The van der Waals surface area contributed by atoms with E-state index in [-0.39, 0.29) is 19.9 Å². The molecular weight excluding hydrogens is 407 g/mol. The molecule has 4 rings (SSSR count). The van der Waals surface area contributed by atoms with Gasteiger partial charge in [0.2, 0.25) is 0 Å². The number of hydrogen-bond acceptors (Lipinski definition) is 6. The molecule has 8 heteroatoms. The number of hydrogen-bond donors (Lipinski definition) is 0. The third kappa shape index (κ3) is 2.74. The minimum atomic E-state index is -3.77. The monoisotopic (exact) mass is 418 g/mol. The van der Waals surface area contributed by atoms with Crippen LogP contribution in [-0.2, 0) is 9.84 Å². The van der Waals surface area contributed by atoms with Crippen LogP contribution >= 0.6 is 0 Å². The molecule has 0 spiro atoms. The summed E-state index contributed by atoms with van der Waals surface area (Å²) in [5.74, 6) is 0. The zero-order chi connectivity index (χ0) is 17.4. The summed E-state index contributed by atoms with van der Waals surface area (Å²) in [6.07, 6.45) is 0. The maximum atomic E-state index is 12.9. The summed E-state index contributed by atoms with van der Waals surface area (Å²) in [5, 5.41) is 4.63. The Kier molecular flexibility index (Phi) is 3.88. The predicted octanol–water partition coefficient (Wildman–Crippen LogP) is 2.14. The number of benzene rings is 2. The zero-order valence-corrected chi connectivity index (χ0v) is 15.1. The van der Waals surface area contributed by atoms with Crippen molar-refractivity contribution in [1.82, 2.24) is 9.19 Å². The normalized spacial score (nSPS) is 11.7. The van der Waals surface area contributed by atoms with Crippen LogP contribution in [0, 0.1) is 0 Å². The van der Waals surface area contributed by atoms with Crippen molar-refractivity contribution in [2.24, 2.45) is 0 Å². The third-order valence-electron chi connectivity index (χ3n) is 3.65. The number of aromatic nitrogens is 2. The molecule has 0 bridgehead atoms. The molecule has 0 aliphatic carbocycles. The number of nitrogens with zero attached hydrogens (tertiary/aromatic N) is 2. The minimum absolute atomic E-state index is 0.0637. The van der Waals surface area contributed by atoms with Crippen LogP contribution in [0.2, 0.25) is 0 Å². The molecule has 0 fully saturated rings. The van der Waals surface area contributed by atoms with Crippen LogP contribution in [0.1, 0.15) is 0 Å². The van der Waals surface area contributed by atoms with Gasteiger partial charge < -0.3 is 0 Å². The summed E-state index contributed by atoms with van der Waals surface area (Å²) in [5.41, 5.74) is -0.0180. The fraction of sp³-hybridized carbons (Fsp3) is 0. The molecule has 0 unspecified atom stereocenters. The Morgan fingerprint density at radius 2 is 1.68 bits per heavy atom. The van der Waals surface area contributed by atoms with E-state index >= 15 is 0 Å². The van der Waals surface area contributed by atoms with Crippen LogP contribution < -0.4 is 5.63 Å². The Morgan fingerprint density at radius 1 is 0.960 bits per heavy atom. The first-order chi connectivity index (χ1) is 12.1. The Balaban J connectivity index is 1.94. The van der Waals surface area contributed by atoms with Gasteiger partial charge in [0.25, 0.3) is 0 Å². The summed E-state index contributed by atoms with van der Waals surface area (Å²) >= 11 is -0.720. The topological polar surface area (TPSA) is 90.1 Å². The van der Waals surface area contributed by atoms with Gasteiger partial charge in [0.15, 0.2) is 0 Å². The summed E-state index contributed by atoms with van der Waals surface area (Å²) in [7, 11) is -3.77. The number of sulfone groups is 1. The van der Waals surface area contributed by atoms with Gasteiger partial charge in [0.1, 0.15) is 0 Å². The van der Waals surface area contributed by atoms with Gasteiger partial charge in [-0.2, -0.15) is 0 Å². The second-order valence-corrected chi connectivity index (χ2v) is 9.26. The Labute approximate surface area is 148 Å². The van der Waals surface area contributed by atoms with Crippen molar-refractivity contribution in [3.63, 3.8) is 0 Å². The van der Waals surface area contributed by atoms with Gasteiger partial charge in [0, 0.05) is 0 Å². The first-order valence-electron chi connectivity index (χ1n) is 7.23. The second-order valence-electron chi connectivity index (χ2n) is 5.21. The van der Waals surface area contributed by atoms with E-state index in [4.69, 9.17) is 4.42 Å². The summed E-state index contributed by atoms with van der Waals surface area (Å²) in [6, 6.07) is 16.7. The Morgan fingerprint density at radius 3 is 2.48 bits per heavy atom. The van der Waals surface area contributed by atoms with E-state index in [2.05, 4.69) is 9.19 Å². The summed E-state index contributed by atoms with van der Waals surface area (Å²) < 4.78 is 35.0. The summed E-state index contributed by atoms with van der Waals surface area (Å²) in [4.78, 5) is 12.5. The number of rotatable bonds is 3. The van der Waals surface area contributed by atoms with Crippen molar-refractivity contribution in [2.45, 2.75) is 8.66 Å². The fourth-order valence-electron chi connectivity index (χ4n) is 2.46. The molecule has 6 nitrogen and oxygen atoms in total. The molecule has 0 saturated heterocycles. The molecule has 0 amide bonds. The third-order valence-corrected chi connectivity index (χ3v) is 8.09. The molecular formula is C17H10N2O4SSe. The van der Waals surface area contributed by atoms with Gasteiger partial charge >= 0.3 is 149 Å².